The van der Waals surface area contributed by atoms with E-state index in [0.717, 1.165) is 0 Å². The zero-order chi connectivity index (χ0) is 10.6. The van der Waals surface area contributed by atoms with Gasteiger partial charge >= 0.3 is 5.97 Å². The fraction of sp³-hybridized carbons (Fsp3) is 0.400. The minimum atomic E-state index is -1.03. The number of pyridine rings is 1. The van der Waals surface area contributed by atoms with Crippen LogP contribution < -0.4 is 4.74 Å². The van der Waals surface area contributed by atoms with Crippen LogP contribution in [-0.4, -0.2) is 22.7 Å². The van der Waals surface area contributed by atoms with Crippen LogP contribution in [0.15, 0.2) is 18.3 Å². The highest BCUT2D eigenvalue weighted by molar-refractivity contribution is 5.85. The third kappa shape index (κ3) is 3.05. The SMILES string of the molecule is CC(C)COc1ccc(C(=O)O)nc1. The van der Waals surface area contributed by atoms with Gasteiger partial charge in [0.05, 0.1) is 12.8 Å². The number of aromatic nitrogens is 1. The van der Waals surface area contributed by atoms with Crippen LogP contribution in [0.4, 0.5) is 0 Å². The van der Waals surface area contributed by atoms with E-state index in [-0.39, 0.29) is 5.69 Å². The summed E-state index contributed by atoms with van der Waals surface area (Å²) in [5.41, 5.74) is 0.0295. The lowest BCUT2D eigenvalue weighted by atomic mass is 10.2. The minimum Gasteiger partial charge on any atom is -0.492 e. The Morgan fingerprint density at radius 3 is 2.71 bits per heavy atom. The molecule has 1 heterocycles. The van der Waals surface area contributed by atoms with Crippen molar-refractivity contribution >= 4 is 5.97 Å². The second kappa shape index (κ2) is 4.60. The number of nitrogens with zero attached hydrogens (tertiary/aromatic N) is 1. The van der Waals surface area contributed by atoms with Crippen molar-refractivity contribution in [1.82, 2.24) is 4.98 Å². The van der Waals surface area contributed by atoms with Gasteiger partial charge in [0.25, 0.3) is 0 Å². The summed E-state index contributed by atoms with van der Waals surface area (Å²) in [6, 6.07) is 3.04. The van der Waals surface area contributed by atoms with Crippen molar-refractivity contribution in [2.24, 2.45) is 5.92 Å². The molecular weight excluding hydrogens is 182 g/mol. The third-order valence-corrected chi connectivity index (χ3v) is 1.54. The summed E-state index contributed by atoms with van der Waals surface area (Å²) in [5.74, 6) is 0.0123. The number of hydrogen-bond acceptors (Lipinski definition) is 3. The maximum Gasteiger partial charge on any atom is 0.354 e. The molecule has 0 aliphatic rings. The zero-order valence-corrected chi connectivity index (χ0v) is 8.23. The van der Waals surface area contributed by atoms with Crippen LogP contribution in [0.5, 0.6) is 5.75 Å². The Bertz CT molecular complexity index is 306. The molecule has 1 rings (SSSR count). The Balaban J connectivity index is 2.60. The largest absolute Gasteiger partial charge is 0.492 e. The molecule has 0 aliphatic carbocycles. The molecule has 0 amide bonds. The van der Waals surface area contributed by atoms with E-state index in [0.29, 0.717) is 18.3 Å². The van der Waals surface area contributed by atoms with Crippen molar-refractivity contribution in [3.63, 3.8) is 0 Å². The van der Waals surface area contributed by atoms with Gasteiger partial charge in [-0.1, -0.05) is 13.8 Å². The first-order valence-corrected chi connectivity index (χ1v) is 4.41. The van der Waals surface area contributed by atoms with Crippen LogP contribution in [0.3, 0.4) is 0 Å². The van der Waals surface area contributed by atoms with Crippen molar-refractivity contribution in [3.8, 4) is 5.75 Å². The van der Waals surface area contributed by atoms with Crippen LogP contribution in [0.25, 0.3) is 0 Å². The van der Waals surface area contributed by atoms with E-state index < -0.39 is 5.97 Å². The first-order chi connectivity index (χ1) is 6.59. The maximum absolute atomic E-state index is 10.5. The maximum atomic E-state index is 10.5. The minimum absolute atomic E-state index is 0.0295. The molecule has 1 N–H and O–H groups in total. The number of aromatic carboxylic acids is 1. The summed E-state index contributed by atoms with van der Waals surface area (Å²) in [6.07, 6.45) is 1.42. The quantitative estimate of drug-likeness (QED) is 0.796. The molecule has 0 saturated heterocycles. The van der Waals surface area contributed by atoms with Crippen molar-refractivity contribution in [1.29, 1.82) is 0 Å². The monoisotopic (exact) mass is 195 g/mol. The molecule has 76 valence electrons. The number of carbonyl (C=O) groups is 1. The fourth-order valence-electron chi connectivity index (χ4n) is 0.855. The average molecular weight is 195 g/mol. The molecule has 0 atom stereocenters. The van der Waals surface area contributed by atoms with Crippen LogP contribution in [0, 0.1) is 5.92 Å². The normalized spacial score (nSPS) is 10.2. The summed E-state index contributed by atoms with van der Waals surface area (Å²) in [6.45, 7) is 4.69. The van der Waals surface area contributed by atoms with E-state index in [2.05, 4.69) is 4.98 Å². The lowest BCUT2D eigenvalue weighted by Gasteiger charge is -2.07. The zero-order valence-electron chi connectivity index (χ0n) is 8.23. The van der Waals surface area contributed by atoms with Gasteiger partial charge in [-0.25, -0.2) is 9.78 Å². The second-order valence-corrected chi connectivity index (χ2v) is 3.39. The van der Waals surface area contributed by atoms with Gasteiger partial charge in [-0.05, 0) is 18.1 Å². The van der Waals surface area contributed by atoms with Crippen molar-refractivity contribution < 1.29 is 14.6 Å². The van der Waals surface area contributed by atoms with E-state index in [4.69, 9.17) is 9.84 Å². The number of carboxylic acid groups (broad SMARTS) is 1. The predicted molar refractivity (Wildman–Crippen MR) is 51.5 cm³/mol. The summed E-state index contributed by atoms with van der Waals surface area (Å²) >= 11 is 0. The highest BCUT2D eigenvalue weighted by Gasteiger charge is 2.04. The summed E-state index contributed by atoms with van der Waals surface area (Å²) in [7, 11) is 0. The second-order valence-electron chi connectivity index (χ2n) is 3.39. The number of rotatable bonds is 4. The highest BCUT2D eigenvalue weighted by atomic mass is 16.5. The van der Waals surface area contributed by atoms with Crippen LogP contribution in [0.1, 0.15) is 24.3 Å². The number of hydrogen-bond donors (Lipinski definition) is 1. The lowest BCUT2D eigenvalue weighted by Crippen LogP contribution is -2.05. The van der Waals surface area contributed by atoms with E-state index in [9.17, 15) is 4.79 Å². The molecule has 0 fully saturated rings. The van der Waals surface area contributed by atoms with Gasteiger partial charge in [-0.15, -0.1) is 0 Å². The molecule has 4 nitrogen and oxygen atoms in total. The molecule has 1 aromatic rings. The Hall–Kier alpha value is -1.58. The summed E-state index contributed by atoms with van der Waals surface area (Å²) in [4.78, 5) is 14.2. The first-order valence-electron chi connectivity index (χ1n) is 4.41. The predicted octanol–water partition coefficient (Wildman–Crippen LogP) is 1.81. The molecule has 14 heavy (non-hydrogen) atoms. The van der Waals surface area contributed by atoms with Crippen LogP contribution in [0.2, 0.25) is 0 Å². The van der Waals surface area contributed by atoms with E-state index in [1.807, 2.05) is 13.8 Å². The Kier molecular flexibility index (Phi) is 3.45. The molecule has 0 unspecified atom stereocenters. The van der Waals surface area contributed by atoms with E-state index in [1.54, 1.807) is 6.07 Å². The first kappa shape index (κ1) is 10.5. The average Bonchev–Trinajstić information content (AvgIpc) is 2.15. The summed E-state index contributed by atoms with van der Waals surface area (Å²) < 4.78 is 5.35. The highest BCUT2D eigenvalue weighted by Crippen LogP contribution is 2.10. The van der Waals surface area contributed by atoms with E-state index >= 15 is 0 Å². The molecule has 0 aliphatic heterocycles. The molecule has 0 bridgehead atoms. The van der Waals surface area contributed by atoms with Crippen LogP contribution >= 0.6 is 0 Å². The Morgan fingerprint density at radius 2 is 2.29 bits per heavy atom. The van der Waals surface area contributed by atoms with Gasteiger partial charge < -0.3 is 9.84 Å². The Labute approximate surface area is 82.5 Å². The van der Waals surface area contributed by atoms with Gasteiger partial charge in [-0.2, -0.15) is 0 Å². The standard InChI is InChI=1S/C10H13NO3/c1-7(2)6-14-8-3-4-9(10(12)13)11-5-8/h3-5,7H,6H2,1-2H3,(H,12,13). The van der Waals surface area contributed by atoms with Crippen molar-refractivity contribution in [2.75, 3.05) is 6.61 Å². The van der Waals surface area contributed by atoms with Crippen molar-refractivity contribution in [3.05, 3.63) is 24.0 Å². The van der Waals surface area contributed by atoms with E-state index in [1.165, 1.54) is 12.3 Å². The lowest BCUT2D eigenvalue weighted by molar-refractivity contribution is 0.0690. The Morgan fingerprint density at radius 1 is 1.57 bits per heavy atom. The van der Waals surface area contributed by atoms with Gasteiger partial charge in [0, 0.05) is 0 Å². The van der Waals surface area contributed by atoms with Gasteiger partial charge in [0.1, 0.15) is 11.4 Å². The molecule has 0 saturated carbocycles. The smallest absolute Gasteiger partial charge is 0.354 e. The van der Waals surface area contributed by atoms with Gasteiger partial charge in [0.15, 0.2) is 0 Å². The van der Waals surface area contributed by atoms with Gasteiger partial charge in [0.2, 0.25) is 0 Å². The molecule has 0 radical (unpaired) electrons. The molecular formula is C10H13NO3. The molecule has 0 spiro atoms. The van der Waals surface area contributed by atoms with Gasteiger partial charge in [-0.3, -0.25) is 0 Å². The van der Waals surface area contributed by atoms with Crippen molar-refractivity contribution in [2.45, 2.75) is 13.8 Å². The molecule has 1 aromatic heterocycles. The molecule has 0 aromatic carbocycles. The fourth-order valence-corrected chi connectivity index (χ4v) is 0.855. The molecule has 4 heteroatoms. The summed E-state index contributed by atoms with van der Waals surface area (Å²) in [5, 5.41) is 8.59. The topological polar surface area (TPSA) is 59.4 Å². The third-order valence-electron chi connectivity index (χ3n) is 1.54. The number of carboxylic acids is 1. The van der Waals surface area contributed by atoms with Crippen LogP contribution in [-0.2, 0) is 0 Å². The number of ether oxygens (including phenoxy) is 1.